The fourth-order valence-electron chi connectivity index (χ4n) is 4.52. The van der Waals surface area contributed by atoms with Crippen LogP contribution in [0.3, 0.4) is 0 Å². The number of ketones is 1. The van der Waals surface area contributed by atoms with Crippen molar-refractivity contribution in [1.29, 1.82) is 0 Å². The van der Waals surface area contributed by atoms with Gasteiger partial charge in [0.2, 0.25) is 0 Å². The number of Topliss-reactive ketones (excluding diaryl/α,β-unsaturated/α-hetero) is 1. The Labute approximate surface area is 197 Å². The number of hydrogen-bond donors (Lipinski definition) is 1. The summed E-state index contributed by atoms with van der Waals surface area (Å²) in [5.74, 6) is -0.819. The van der Waals surface area contributed by atoms with Crippen LogP contribution in [0.15, 0.2) is 58.9 Å². The van der Waals surface area contributed by atoms with Gasteiger partial charge in [-0.3, -0.25) is 4.79 Å². The van der Waals surface area contributed by atoms with Gasteiger partial charge >= 0.3 is 5.97 Å². The lowest BCUT2D eigenvalue weighted by molar-refractivity contribution is -0.140. The molecule has 1 aromatic carbocycles. The van der Waals surface area contributed by atoms with E-state index in [0.29, 0.717) is 35.6 Å². The third-order valence-electron chi connectivity index (χ3n) is 5.96. The minimum Gasteiger partial charge on any atom is -0.460 e. The third kappa shape index (κ3) is 4.40. The Morgan fingerprint density at radius 3 is 2.62 bits per heavy atom. The van der Waals surface area contributed by atoms with Crippen LogP contribution >= 0.6 is 22.9 Å². The second kappa shape index (κ2) is 9.61. The van der Waals surface area contributed by atoms with Gasteiger partial charge in [0.05, 0.1) is 18.1 Å². The molecular weight excluding hydrogens is 446 g/mol. The fourth-order valence-corrected chi connectivity index (χ4v) is 5.81. The predicted molar refractivity (Wildman–Crippen MR) is 126 cm³/mol. The van der Waals surface area contributed by atoms with Crippen molar-refractivity contribution in [1.82, 2.24) is 5.32 Å². The molecule has 7 heteroatoms. The zero-order chi connectivity index (χ0) is 22.8. The predicted octanol–water partition coefficient (Wildman–Crippen LogP) is 5.26. The Balaban J connectivity index is 1.74. The highest BCUT2D eigenvalue weighted by Crippen LogP contribution is 2.47. The summed E-state index contributed by atoms with van der Waals surface area (Å²) >= 11 is 8.04. The van der Waals surface area contributed by atoms with Crippen molar-refractivity contribution in [2.75, 3.05) is 20.3 Å². The van der Waals surface area contributed by atoms with Crippen LogP contribution in [0, 0.1) is 6.92 Å². The second-order valence-corrected chi connectivity index (χ2v) is 9.84. The standard InChI is InChI=1S/C25H26ClNO4S/c1-14-8-9-21(32-14)24-22(25(29)31-11-10-30-3)15(2)27-19-12-16(13-20(28)23(19)24)17-6-4-5-7-18(17)26/h4-9,16,24,27H,10-13H2,1-3H3/t16-,24-/m0/s1. The molecule has 2 heterocycles. The van der Waals surface area contributed by atoms with Gasteiger partial charge < -0.3 is 14.8 Å². The summed E-state index contributed by atoms with van der Waals surface area (Å²) in [7, 11) is 1.56. The molecule has 0 bridgehead atoms. The first-order chi connectivity index (χ1) is 15.4. The van der Waals surface area contributed by atoms with Crippen molar-refractivity contribution in [3.63, 3.8) is 0 Å². The minimum absolute atomic E-state index is 0.00354. The Bertz CT molecular complexity index is 1120. The summed E-state index contributed by atoms with van der Waals surface area (Å²) in [4.78, 5) is 28.7. The van der Waals surface area contributed by atoms with Crippen LogP contribution in [0.2, 0.25) is 5.02 Å². The summed E-state index contributed by atoms with van der Waals surface area (Å²) in [6, 6.07) is 11.7. The molecule has 0 radical (unpaired) electrons. The van der Waals surface area contributed by atoms with E-state index >= 15 is 0 Å². The third-order valence-corrected chi connectivity index (χ3v) is 7.37. The molecule has 0 fully saturated rings. The van der Waals surface area contributed by atoms with Crippen molar-refractivity contribution >= 4 is 34.7 Å². The van der Waals surface area contributed by atoms with Crippen LogP contribution in [-0.4, -0.2) is 32.1 Å². The van der Waals surface area contributed by atoms with Gasteiger partial charge in [-0.2, -0.15) is 0 Å². The maximum absolute atomic E-state index is 13.5. The summed E-state index contributed by atoms with van der Waals surface area (Å²) in [5.41, 5.74) is 3.72. The van der Waals surface area contributed by atoms with Crippen LogP contribution in [-0.2, 0) is 19.1 Å². The lowest BCUT2D eigenvalue weighted by Gasteiger charge is -2.36. The zero-order valence-electron chi connectivity index (χ0n) is 18.4. The van der Waals surface area contributed by atoms with E-state index in [0.717, 1.165) is 26.7 Å². The van der Waals surface area contributed by atoms with Crippen LogP contribution in [0.25, 0.3) is 0 Å². The number of carbonyl (C=O) groups excluding carboxylic acids is 2. The van der Waals surface area contributed by atoms with Gasteiger partial charge in [0.1, 0.15) is 6.61 Å². The van der Waals surface area contributed by atoms with Crippen LogP contribution in [0.5, 0.6) is 0 Å². The fraction of sp³-hybridized carbons (Fsp3) is 0.360. The van der Waals surface area contributed by atoms with Crippen molar-refractivity contribution in [3.05, 3.63) is 79.3 Å². The number of thiophene rings is 1. The number of halogens is 1. The molecule has 1 aliphatic heterocycles. The maximum atomic E-state index is 13.5. The van der Waals surface area contributed by atoms with Crippen molar-refractivity contribution in [2.45, 2.75) is 38.5 Å². The molecule has 32 heavy (non-hydrogen) atoms. The van der Waals surface area contributed by atoms with E-state index in [-0.39, 0.29) is 18.3 Å². The molecule has 5 nitrogen and oxygen atoms in total. The minimum atomic E-state index is -0.431. The topological polar surface area (TPSA) is 64.6 Å². The van der Waals surface area contributed by atoms with Crippen LogP contribution < -0.4 is 5.32 Å². The van der Waals surface area contributed by atoms with E-state index < -0.39 is 11.9 Å². The van der Waals surface area contributed by atoms with Gasteiger partial charge in [0, 0.05) is 45.3 Å². The highest BCUT2D eigenvalue weighted by atomic mass is 35.5. The first-order valence-corrected chi connectivity index (χ1v) is 11.8. The molecule has 1 N–H and O–H groups in total. The van der Waals surface area contributed by atoms with E-state index in [2.05, 4.69) is 5.32 Å². The van der Waals surface area contributed by atoms with Gasteiger partial charge in [-0.25, -0.2) is 4.79 Å². The second-order valence-electron chi connectivity index (χ2n) is 8.12. The van der Waals surface area contributed by atoms with Crippen LogP contribution in [0.4, 0.5) is 0 Å². The molecular formula is C25H26ClNO4S. The number of dihydropyridines is 1. The highest BCUT2D eigenvalue weighted by molar-refractivity contribution is 7.12. The van der Waals surface area contributed by atoms with E-state index in [1.54, 1.807) is 18.4 Å². The first-order valence-electron chi connectivity index (χ1n) is 10.6. The number of carbonyl (C=O) groups is 2. The smallest absolute Gasteiger partial charge is 0.336 e. The first kappa shape index (κ1) is 22.8. The van der Waals surface area contributed by atoms with Crippen molar-refractivity contribution in [3.8, 4) is 0 Å². The van der Waals surface area contributed by atoms with E-state index in [4.69, 9.17) is 21.1 Å². The van der Waals surface area contributed by atoms with Crippen LogP contribution in [0.1, 0.15) is 46.9 Å². The molecule has 1 aliphatic carbocycles. The summed E-state index contributed by atoms with van der Waals surface area (Å²) in [6.45, 7) is 4.37. The molecule has 0 unspecified atom stereocenters. The Morgan fingerprint density at radius 1 is 1.16 bits per heavy atom. The molecule has 0 saturated carbocycles. The number of rotatable bonds is 6. The van der Waals surface area contributed by atoms with Crippen molar-refractivity contribution < 1.29 is 19.1 Å². The molecule has 2 aromatic rings. The Morgan fingerprint density at radius 2 is 1.94 bits per heavy atom. The largest absolute Gasteiger partial charge is 0.460 e. The number of methoxy groups -OCH3 is 1. The molecule has 2 atom stereocenters. The number of esters is 1. The number of ether oxygens (including phenoxy) is 2. The number of nitrogens with one attached hydrogen (secondary N) is 1. The Kier molecular flexibility index (Phi) is 6.84. The number of benzene rings is 1. The highest BCUT2D eigenvalue weighted by Gasteiger charge is 2.42. The molecule has 2 aliphatic rings. The molecule has 0 saturated heterocycles. The van der Waals surface area contributed by atoms with Gasteiger partial charge in [-0.15, -0.1) is 11.3 Å². The summed E-state index contributed by atoms with van der Waals surface area (Å²) in [5, 5.41) is 4.04. The van der Waals surface area contributed by atoms with Gasteiger partial charge in [-0.1, -0.05) is 29.8 Å². The van der Waals surface area contributed by atoms with E-state index in [1.165, 1.54) is 0 Å². The van der Waals surface area contributed by atoms with E-state index in [1.807, 2.05) is 50.2 Å². The normalized spacial score (nSPS) is 20.8. The summed E-state index contributed by atoms with van der Waals surface area (Å²) in [6.07, 6.45) is 1.02. The van der Waals surface area contributed by atoms with Gasteiger partial charge in [0.15, 0.2) is 5.78 Å². The number of hydrogen-bond acceptors (Lipinski definition) is 6. The zero-order valence-corrected chi connectivity index (χ0v) is 19.9. The average molecular weight is 472 g/mol. The molecule has 168 valence electrons. The van der Waals surface area contributed by atoms with E-state index in [9.17, 15) is 9.59 Å². The van der Waals surface area contributed by atoms with Gasteiger partial charge in [-0.05, 0) is 49.9 Å². The summed E-state index contributed by atoms with van der Waals surface area (Å²) < 4.78 is 10.5. The van der Waals surface area contributed by atoms with Gasteiger partial charge in [0.25, 0.3) is 0 Å². The quantitative estimate of drug-likeness (QED) is 0.459. The molecule has 1 aromatic heterocycles. The molecule has 0 spiro atoms. The lowest BCUT2D eigenvalue weighted by atomic mass is 9.73. The molecule has 4 rings (SSSR count). The number of aryl methyl sites for hydroxylation is 1. The monoisotopic (exact) mass is 471 g/mol. The average Bonchev–Trinajstić information content (AvgIpc) is 3.19. The SMILES string of the molecule is COCCOC(=O)C1=C(C)NC2=C(C(=O)C[C@@H](c3ccccc3Cl)C2)[C@H]1c1ccc(C)s1. The molecule has 0 amide bonds. The van der Waals surface area contributed by atoms with Crippen molar-refractivity contribution in [2.24, 2.45) is 0 Å². The lowest BCUT2D eigenvalue weighted by Crippen LogP contribution is -2.36. The Hall–Kier alpha value is -2.41. The number of allylic oxidation sites excluding steroid dienone is 3. The maximum Gasteiger partial charge on any atom is 0.336 e.